The standard InChI is InChI=1S/C11H17N3S/c1-11(4-3-7-15-11)10(12-2)9-8-13-5-6-14-9/h5-6,8,10,12H,3-4,7H2,1-2H3. The molecular weight excluding hydrogens is 206 g/mol. The average Bonchev–Trinajstić information content (AvgIpc) is 2.68. The third-order valence-electron chi connectivity index (χ3n) is 3.03. The number of thioether (sulfide) groups is 1. The van der Waals surface area contributed by atoms with E-state index >= 15 is 0 Å². The molecule has 2 heterocycles. The van der Waals surface area contributed by atoms with E-state index in [4.69, 9.17) is 0 Å². The fraction of sp³-hybridized carbons (Fsp3) is 0.636. The van der Waals surface area contributed by atoms with E-state index in [2.05, 4.69) is 22.2 Å². The molecule has 4 heteroatoms. The lowest BCUT2D eigenvalue weighted by Crippen LogP contribution is -2.36. The highest BCUT2D eigenvalue weighted by atomic mass is 32.2. The molecule has 82 valence electrons. The van der Waals surface area contributed by atoms with Crippen molar-refractivity contribution in [2.75, 3.05) is 12.8 Å². The summed E-state index contributed by atoms with van der Waals surface area (Å²) >= 11 is 2.04. The summed E-state index contributed by atoms with van der Waals surface area (Å²) in [5.74, 6) is 1.26. The van der Waals surface area contributed by atoms with Gasteiger partial charge >= 0.3 is 0 Å². The zero-order chi connectivity index (χ0) is 10.7. The normalized spacial score (nSPS) is 27.9. The summed E-state index contributed by atoms with van der Waals surface area (Å²) < 4.78 is 0.269. The van der Waals surface area contributed by atoms with Gasteiger partial charge in [0.1, 0.15) is 0 Å². The molecule has 0 bridgehead atoms. The second-order valence-electron chi connectivity index (χ2n) is 4.12. The van der Waals surface area contributed by atoms with Crippen molar-refractivity contribution in [2.45, 2.75) is 30.6 Å². The van der Waals surface area contributed by atoms with Gasteiger partial charge in [-0.25, -0.2) is 0 Å². The van der Waals surface area contributed by atoms with Gasteiger partial charge < -0.3 is 5.32 Å². The maximum Gasteiger partial charge on any atom is 0.0770 e. The minimum atomic E-state index is 0.269. The molecule has 2 atom stereocenters. The lowest BCUT2D eigenvalue weighted by Gasteiger charge is -2.32. The topological polar surface area (TPSA) is 37.8 Å². The van der Waals surface area contributed by atoms with Gasteiger partial charge in [0.2, 0.25) is 0 Å². The number of hydrogen-bond donors (Lipinski definition) is 1. The Hall–Kier alpha value is -0.610. The van der Waals surface area contributed by atoms with Gasteiger partial charge in [0.05, 0.1) is 17.9 Å². The molecule has 0 saturated carbocycles. The highest BCUT2D eigenvalue weighted by Gasteiger charge is 2.38. The van der Waals surface area contributed by atoms with Crippen LogP contribution >= 0.6 is 11.8 Å². The van der Waals surface area contributed by atoms with E-state index in [-0.39, 0.29) is 4.75 Å². The third kappa shape index (κ3) is 2.16. The van der Waals surface area contributed by atoms with Crippen molar-refractivity contribution in [3.8, 4) is 0 Å². The Kier molecular flexibility index (Phi) is 3.26. The average molecular weight is 223 g/mol. The first-order valence-electron chi connectivity index (χ1n) is 5.33. The highest BCUT2D eigenvalue weighted by Crippen LogP contribution is 2.45. The summed E-state index contributed by atoms with van der Waals surface area (Å²) in [4.78, 5) is 8.55. The van der Waals surface area contributed by atoms with Crippen LogP contribution in [-0.4, -0.2) is 27.5 Å². The van der Waals surface area contributed by atoms with Gasteiger partial charge in [-0.1, -0.05) is 0 Å². The predicted octanol–water partition coefficient (Wildman–Crippen LogP) is 2.02. The molecule has 3 nitrogen and oxygen atoms in total. The Morgan fingerprint density at radius 3 is 2.93 bits per heavy atom. The van der Waals surface area contributed by atoms with Gasteiger partial charge in [-0.3, -0.25) is 9.97 Å². The van der Waals surface area contributed by atoms with Crippen LogP contribution in [0.25, 0.3) is 0 Å². The van der Waals surface area contributed by atoms with Crippen molar-refractivity contribution in [2.24, 2.45) is 0 Å². The number of nitrogens with zero attached hydrogens (tertiary/aromatic N) is 2. The Morgan fingerprint density at radius 1 is 1.53 bits per heavy atom. The molecule has 1 saturated heterocycles. The van der Waals surface area contributed by atoms with Crippen LogP contribution in [0.1, 0.15) is 31.5 Å². The maximum absolute atomic E-state index is 4.40. The number of hydrogen-bond acceptors (Lipinski definition) is 4. The van der Waals surface area contributed by atoms with Crippen molar-refractivity contribution >= 4 is 11.8 Å². The summed E-state index contributed by atoms with van der Waals surface area (Å²) in [7, 11) is 2.00. The second kappa shape index (κ2) is 4.49. The summed E-state index contributed by atoms with van der Waals surface area (Å²) in [6.45, 7) is 2.32. The van der Waals surface area contributed by atoms with Crippen molar-refractivity contribution in [1.82, 2.24) is 15.3 Å². The molecule has 0 aromatic carbocycles. The molecule has 1 aromatic heterocycles. The summed E-state index contributed by atoms with van der Waals surface area (Å²) in [6.07, 6.45) is 7.91. The SMILES string of the molecule is CNC(c1cnccn1)C1(C)CCCS1. The molecule has 0 amide bonds. The van der Waals surface area contributed by atoms with E-state index in [0.717, 1.165) is 5.69 Å². The molecular formula is C11H17N3S. The summed E-state index contributed by atoms with van der Waals surface area (Å²) in [6, 6.07) is 0.304. The quantitative estimate of drug-likeness (QED) is 0.851. The number of rotatable bonds is 3. The molecule has 0 spiro atoms. The molecule has 2 rings (SSSR count). The van der Waals surface area contributed by atoms with E-state index in [1.165, 1.54) is 18.6 Å². The van der Waals surface area contributed by atoms with Gasteiger partial charge in [-0.2, -0.15) is 11.8 Å². The van der Waals surface area contributed by atoms with E-state index in [1.807, 2.05) is 25.0 Å². The van der Waals surface area contributed by atoms with Gasteiger partial charge in [0.25, 0.3) is 0 Å². The van der Waals surface area contributed by atoms with Crippen LogP contribution < -0.4 is 5.32 Å². The Morgan fingerprint density at radius 2 is 2.40 bits per heavy atom. The molecule has 0 radical (unpaired) electrons. The maximum atomic E-state index is 4.40. The lowest BCUT2D eigenvalue weighted by molar-refractivity contribution is 0.431. The van der Waals surface area contributed by atoms with Crippen molar-refractivity contribution in [3.05, 3.63) is 24.3 Å². The zero-order valence-electron chi connectivity index (χ0n) is 9.23. The van der Waals surface area contributed by atoms with Crippen LogP contribution in [0, 0.1) is 0 Å². The molecule has 15 heavy (non-hydrogen) atoms. The number of aromatic nitrogens is 2. The molecule has 1 aromatic rings. The molecule has 1 fully saturated rings. The summed E-state index contributed by atoms with van der Waals surface area (Å²) in [5, 5.41) is 3.38. The smallest absolute Gasteiger partial charge is 0.0770 e. The first kappa shape index (κ1) is 10.9. The highest BCUT2D eigenvalue weighted by molar-refractivity contribution is 8.00. The van der Waals surface area contributed by atoms with E-state index in [0.29, 0.717) is 6.04 Å². The van der Waals surface area contributed by atoms with Crippen molar-refractivity contribution < 1.29 is 0 Å². The van der Waals surface area contributed by atoms with Gasteiger partial charge in [0.15, 0.2) is 0 Å². The Labute approximate surface area is 95.1 Å². The van der Waals surface area contributed by atoms with Gasteiger partial charge in [-0.05, 0) is 32.6 Å². The van der Waals surface area contributed by atoms with Crippen LogP contribution in [0.4, 0.5) is 0 Å². The van der Waals surface area contributed by atoms with Crippen molar-refractivity contribution in [3.63, 3.8) is 0 Å². The van der Waals surface area contributed by atoms with Gasteiger partial charge in [-0.15, -0.1) is 0 Å². The van der Waals surface area contributed by atoms with Crippen LogP contribution in [0.2, 0.25) is 0 Å². The Balaban J connectivity index is 2.24. The fourth-order valence-corrected chi connectivity index (χ4v) is 3.70. The lowest BCUT2D eigenvalue weighted by atomic mass is 9.94. The monoisotopic (exact) mass is 223 g/mol. The minimum absolute atomic E-state index is 0.269. The molecule has 1 N–H and O–H groups in total. The van der Waals surface area contributed by atoms with Crippen LogP contribution in [0.3, 0.4) is 0 Å². The van der Waals surface area contributed by atoms with Crippen LogP contribution in [-0.2, 0) is 0 Å². The van der Waals surface area contributed by atoms with Crippen LogP contribution in [0.15, 0.2) is 18.6 Å². The minimum Gasteiger partial charge on any atom is -0.311 e. The molecule has 2 unspecified atom stereocenters. The van der Waals surface area contributed by atoms with E-state index < -0.39 is 0 Å². The zero-order valence-corrected chi connectivity index (χ0v) is 10.0. The van der Waals surface area contributed by atoms with E-state index in [9.17, 15) is 0 Å². The summed E-state index contributed by atoms with van der Waals surface area (Å²) in [5.41, 5.74) is 1.05. The Bertz CT molecular complexity index is 309. The van der Waals surface area contributed by atoms with Gasteiger partial charge in [0, 0.05) is 17.1 Å². The third-order valence-corrected chi connectivity index (χ3v) is 4.62. The van der Waals surface area contributed by atoms with Crippen molar-refractivity contribution in [1.29, 1.82) is 0 Å². The first-order valence-corrected chi connectivity index (χ1v) is 6.32. The van der Waals surface area contributed by atoms with Crippen LogP contribution in [0.5, 0.6) is 0 Å². The largest absolute Gasteiger partial charge is 0.311 e. The molecule has 1 aliphatic heterocycles. The molecule has 1 aliphatic rings. The second-order valence-corrected chi connectivity index (χ2v) is 5.75. The number of nitrogens with one attached hydrogen (secondary N) is 1. The fourth-order valence-electron chi connectivity index (χ4n) is 2.25. The first-order chi connectivity index (χ1) is 7.26. The predicted molar refractivity (Wildman–Crippen MR) is 63.9 cm³/mol. The van der Waals surface area contributed by atoms with E-state index in [1.54, 1.807) is 12.4 Å². The molecule has 0 aliphatic carbocycles.